The number of amides is 1. The minimum absolute atomic E-state index is 0.0741. The number of carboxylic acids is 1. The number of halogens is 1. The van der Waals surface area contributed by atoms with Gasteiger partial charge in [-0.05, 0) is 74.1 Å². The number of ether oxygens (including phenoxy) is 1. The number of benzene rings is 2. The number of aryl methyl sites for hydroxylation is 2. The fourth-order valence-corrected chi connectivity index (χ4v) is 4.45. The molecular weight excluding hydrogens is 452 g/mol. The number of hydrogen-bond acceptors (Lipinski definition) is 4. The zero-order valence-corrected chi connectivity index (χ0v) is 19.6. The highest BCUT2D eigenvalue weighted by atomic mass is 35.5. The van der Waals surface area contributed by atoms with Crippen molar-refractivity contribution in [2.24, 2.45) is 0 Å². The van der Waals surface area contributed by atoms with Crippen molar-refractivity contribution < 1.29 is 19.4 Å². The monoisotopic (exact) mass is 478 g/mol. The highest BCUT2D eigenvalue weighted by molar-refractivity contribution is 6.30. The number of carbonyl (C=O) groups excluding carboxylic acids is 1. The van der Waals surface area contributed by atoms with Gasteiger partial charge >= 0.3 is 5.97 Å². The molecule has 1 aliphatic heterocycles. The number of pyridine rings is 1. The van der Waals surface area contributed by atoms with Gasteiger partial charge in [-0.3, -0.25) is 9.78 Å². The minimum atomic E-state index is -0.982. The van der Waals surface area contributed by atoms with Crippen molar-refractivity contribution in [1.29, 1.82) is 0 Å². The SMILES string of the molecule is O=C(O)c1ccc([C@@H]2CCCN2C(=O)COc2ccc(Cl)cc2)nc1CCCc1ccccc1. The largest absolute Gasteiger partial charge is 0.484 e. The Kier molecular flexibility index (Phi) is 7.80. The first kappa shape index (κ1) is 23.8. The fraction of sp³-hybridized carbons (Fsp3) is 0.296. The van der Waals surface area contributed by atoms with E-state index in [1.54, 1.807) is 41.3 Å². The summed E-state index contributed by atoms with van der Waals surface area (Å²) < 4.78 is 5.64. The quantitative estimate of drug-likeness (QED) is 0.448. The van der Waals surface area contributed by atoms with E-state index >= 15 is 0 Å². The summed E-state index contributed by atoms with van der Waals surface area (Å²) >= 11 is 5.90. The molecule has 1 aromatic heterocycles. The molecule has 0 radical (unpaired) electrons. The van der Waals surface area contributed by atoms with Crippen LogP contribution in [0.3, 0.4) is 0 Å². The minimum Gasteiger partial charge on any atom is -0.484 e. The zero-order chi connectivity index (χ0) is 23.9. The fourth-order valence-electron chi connectivity index (χ4n) is 4.33. The van der Waals surface area contributed by atoms with Crippen LogP contribution in [0.2, 0.25) is 5.02 Å². The van der Waals surface area contributed by atoms with Crippen LogP contribution in [-0.2, 0) is 17.6 Å². The summed E-state index contributed by atoms with van der Waals surface area (Å²) in [5, 5.41) is 10.2. The van der Waals surface area contributed by atoms with Gasteiger partial charge in [0.2, 0.25) is 0 Å². The third-order valence-electron chi connectivity index (χ3n) is 6.04. The third kappa shape index (κ3) is 5.94. The van der Waals surface area contributed by atoms with E-state index in [4.69, 9.17) is 21.3 Å². The van der Waals surface area contributed by atoms with E-state index in [1.165, 1.54) is 5.56 Å². The molecule has 0 bridgehead atoms. The second kappa shape index (κ2) is 11.2. The van der Waals surface area contributed by atoms with Crippen LogP contribution in [-0.4, -0.2) is 40.0 Å². The third-order valence-corrected chi connectivity index (χ3v) is 6.29. The van der Waals surface area contributed by atoms with Gasteiger partial charge in [0.25, 0.3) is 5.91 Å². The number of rotatable bonds is 9. The summed E-state index contributed by atoms with van der Waals surface area (Å²) in [7, 11) is 0. The molecule has 1 N–H and O–H groups in total. The molecule has 2 aromatic carbocycles. The van der Waals surface area contributed by atoms with Crippen LogP contribution in [0.4, 0.5) is 0 Å². The van der Waals surface area contributed by atoms with E-state index < -0.39 is 5.97 Å². The summed E-state index contributed by atoms with van der Waals surface area (Å²) in [5.41, 5.74) is 2.73. The van der Waals surface area contributed by atoms with Crippen molar-refractivity contribution in [3.05, 3.63) is 94.3 Å². The van der Waals surface area contributed by atoms with Crippen molar-refractivity contribution in [3.63, 3.8) is 0 Å². The Morgan fingerprint density at radius 3 is 2.53 bits per heavy atom. The van der Waals surface area contributed by atoms with E-state index in [-0.39, 0.29) is 24.1 Å². The highest BCUT2D eigenvalue weighted by Crippen LogP contribution is 2.32. The van der Waals surface area contributed by atoms with Crippen LogP contribution < -0.4 is 4.74 Å². The van der Waals surface area contributed by atoms with Crippen LogP contribution in [0, 0.1) is 0 Å². The molecule has 34 heavy (non-hydrogen) atoms. The van der Waals surface area contributed by atoms with E-state index in [2.05, 4.69) is 12.1 Å². The van der Waals surface area contributed by atoms with E-state index in [0.29, 0.717) is 29.4 Å². The lowest BCUT2D eigenvalue weighted by atomic mass is 10.0. The van der Waals surface area contributed by atoms with Crippen LogP contribution in [0.25, 0.3) is 0 Å². The molecule has 176 valence electrons. The molecule has 0 saturated carbocycles. The average Bonchev–Trinajstić information content (AvgIpc) is 3.34. The van der Waals surface area contributed by atoms with Crippen LogP contribution in [0.1, 0.15) is 52.6 Å². The van der Waals surface area contributed by atoms with Crippen LogP contribution in [0.15, 0.2) is 66.7 Å². The second-order valence-corrected chi connectivity index (χ2v) is 8.80. The number of hydrogen-bond donors (Lipinski definition) is 1. The van der Waals surface area contributed by atoms with E-state index in [0.717, 1.165) is 31.4 Å². The first-order valence-electron chi connectivity index (χ1n) is 11.5. The maximum Gasteiger partial charge on any atom is 0.337 e. The van der Waals surface area contributed by atoms with Crippen molar-refractivity contribution >= 4 is 23.5 Å². The standard InChI is InChI=1S/C27H27ClN2O4/c28-20-11-13-21(14-12-20)34-18-26(31)30-17-5-10-25(30)24-16-15-22(27(32)33)23(29-24)9-4-8-19-6-2-1-3-7-19/h1-3,6-7,11-16,25H,4-5,8-10,17-18H2,(H,32,33)/t25-/m0/s1. The predicted molar refractivity (Wildman–Crippen MR) is 130 cm³/mol. The van der Waals surface area contributed by atoms with Crippen molar-refractivity contribution in [3.8, 4) is 5.75 Å². The molecule has 1 atom stereocenters. The number of likely N-dealkylation sites (tertiary alicyclic amines) is 1. The first-order valence-corrected chi connectivity index (χ1v) is 11.8. The maximum atomic E-state index is 12.9. The van der Waals surface area contributed by atoms with Crippen molar-refractivity contribution in [1.82, 2.24) is 9.88 Å². The van der Waals surface area contributed by atoms with Gasteiger partial charge in [-0.15, -0.1) is 0 Å². The van der Waals surface area contributed by atoms with Crippen molar-refractivity contribution in [2.75, 3.05) is 13.2 Å². The molecule has 0 unspecified atom stereocenters. The van der Waals surface area contributed by atoms with Crippen molar-refractivity contribution in [2.45, 2.75) is 38.1 Å². The Morgan fingerprint density at radius 1 is 1.03 bits per heavy atom. The molecule has 3 aromatic rings. The number of nitrogens with zero attached hydrogens (tertiary/aromatic N) is 2. The molecule has 2 heterocycles. The van der Waals surface area contributed by atoms with Gasteiger partial charge < -0.3 is 14.7 Å². The zero-order valence-electron chi connectivity index (χ0n) is 18.8. The highest BCUT2D eigenvalue weighted by Gasteiger charge is 2.31. The lowest BCUT2D eigenvalue weighted by molar-refractivity contribution is -0.134. The molecule has 7 heteroatoms. The smallest absolute Gasteiger partial charge is 0.337 e. The van der Waals surface area contributed by atoms with Gasteiger partial charge in [0.1, 0.15) is 5.75 Å². The second-order valence-electron chi connectivity index (χ2n) is 8.36. The lowest BCUT2D eigenvalue weighted by Gasteiger charge is -2.25. The normalized spacial score (nSPS) is 15.3. The Labute approximate surface area is 204 Å². The van der Waals surface area contributed by atoms with E-state index in [1.807, 2.05) is 18.2 Å². The number of aromatic carboxylic acids is 1. The molecule has 4 rings (SSSR count). The summed E-state index contributed by atoms with van der Waals surface area (Å²) in [4.78, 5) is 31.2. The number of carbonyl (C=O) groups is 2. The van der Waals surface area contributed by atoms with Gasteiger partial charge in [0.05, 0.1) is 23.0 Å². The average molecular weight is 479 g/mol. The number of carboxylic acid groups (broad SMARTS) is 1. The molecule has 1 aliphatic rings. The molecule has 0 spiro atoms. The summed E-state index contributed by atoms with van der Waals surface area (Å²) in [6.45, 7) is 0.550. The van der Waals surface area contributed by atoms with Gasteiger partial charge in [-0.25, -0.2) is 4.79 Å². The van der Waals surface area contributed by atoms with Gasteiger partial charge in [0, 0.05) is 11.6 Å². The molecule has 1 saturated heterocycles. The maximum absolute atomic E-state index is 12.9. The number of aromatic nitrogens is 1. The Hall–Kier alpha value is -3.38. The topological polar surface area (TPSA) is 79.7 Å². The van der Waals surface area contributed by atoms with Crippen LogP contribution in [0.5, 0.6) is 5.75 Å². The first-order chi connectivity index (χ1) is 16.5. The molecule has 1 amide bonds. The van der Waals surface area contributed by atoms with E-state index in [9.17, 15) is 14.7 Å². The van der Waals surface area contributed by atoms with Gasteiger partial charge in [-0.2, -0.15) is 0 Å². The van der Waals surface area contributed by atoms with Gasteiger partial charge in [0.15, 0.2) is 6.61 Å². The molecule has 6 nitrogen and oxygen atoms in total. The Morgan fingerprint density at radius 2 is 1.79 bits per heavy atom. The summed E-state index contributed by atoms with van der Waals surface area (Å²) in [5.74, 6) is -0.519. The summed E-state index contributed by atoms with van der Waals surface area (Å²) in [6, 6.07) is 20.2. The Bertz CT molecular complexity index is 1140. The molecule has 1 fully saturated rings. The van der Waals surface area contributed by atoms with Crippen LogP contribution >= 0.6 is 11.6 Å². The lowest BCUT2D eigenvalue weighted by Crippen LogP contribution is -2.35. The summed E-state index contributed by atoms with van der Waals surface area (Å²) in [6.07, 6.45) is 3.86. The predicted octanol–water partition coefficient (Wildman–Crippen LogP) is 5.35. The Balaban J connectivity index is 1.44. The van der Waals surface area contributed by atoms with Gasteiger partial charge in [-0.1, -0.05) is 41.9 Å². The molecular formula is C27H27ClN2O4. The molecule has 0 aliphatic carbocycles.